The third-order valence-corrected chi connectivity index (χ3v) is 8.30. The average Bonchev–Trinajstić information content (AvgIpc) is 2.83. The largest absolute Gasteiger partial charge is 0.478 e. The Bertz CT molecular complexity index is 1060. The molecule has 0 aliphatic heterocycles. The summed E-state index contributed by atoms with van der Waals surface area (Å²) < 4.78 is 17.4. The molecule has 186 valence electrons. The van der Waals surface area contributed by atoms with Crippen molar-refractivity contribution in [3.05, 3.63) is 64.7 Å². The van der Waals surface area contributed by atoms with Crippen LogP contribution >= 0.6 is 0 Å². The Labute approximate surface area is 208 Å². The lowest BCUT2D eigenvalue weighted by atomic mass is 9.48. The fourth-order valence-corrected chi connectivity index (χ4v) is 7.18. The molecule has 2 aromatic rings. The van der Waals surface area contributed by atoms with Gasteiger partial charge in [-0.15, -0.1) is 0 Å². The van der Waals surface area contributed by atoms with Crippen molar-refractivity contribution in [3.63, 3.8) is 0 Å². The molecular weight excluding hydrogens is 440 g/mol. The predicted octanol–water partition coefficient (Wildman–Crippen LogP) is 6.76. The van der Waals surface area contributed by atoms with Gasteiger partial charge in [-0.3, -0.25) is 0 Å². The SMILES string of the molecule is CCOC(OC)Oc1ccc(C(C)=Cc2ccc(C(=O)O)cc2)cc1C12CC3CC(CC(C3)C1)C2. The number of carboxylic acids is 1. The number of allylic oxidation sites excluding steroid dienone is 1. The minimum absolute atomic E-state index is 0.161. The highest BCUT2D eigenvalue weighted by molar-refractivity contribution is 5.88. The summed E-state index contributed by atoms with van der Waals surface area (Å²) in [5, 5.41) is 9.18. The summed E-state index contributed by atoms with van der Waals surface area (Å²) in [6.07, 6.45) is 10.0. The van der Waals surface area contributed by atoms with Crippen molar-refractivity contribution in [2.45, 2.75) is 64.3 Å². The van der Waals surface area contributed by atoms with Crippen LogP contribution in [0.25, 0.3) is 11.6 Å². The van der Waals surface area contributed by atoms with E-state index in [2.05, 4.69) is 31.2 Å². The quantitative estimate of drug-likeness (QED) is 0.320. The fraction of sp³-hybridized carbons (Fsp3) is 0.500. The lowest BCUT2D eigenvalue weighted by Crippen LogP contribution is -2.48. The van der Waals surface area contributed by atoms with E-state index < -0.39 is 12.4 Å². The summed E-state index contributed by atoms with van der Waals surface area (Å²) in [6.45, 7) is 3.85. The van der Waals surface area contributed by atoms with Crippen molar-refractivity contribution < 1.29 is 24.1 Å². The van der Waals surface area contributed by atoms with Crippen LogP contribution in [0.2, 0.25) is 0 Å². The molecule has 4 bridgehead atoms. The Morgan fingerprint density at radius 3 is 2.17 bits per heavy atom. The zero-order valence-corrected chi connectivity index (χ0v) is 21.0. The van der Waals surface area contributed by atoms with Crippen LogP contribution < -0.4 is 4.74 Å². The highest BCUT2D eigenvalue weighted by Crippen LogP contribution is 2.62. The Balaban J connectivity index is 1.51. The van der Waals surface area contributed by atoms with E-state index in [0.29, 0.717) is 12.2 Å². The summed E-state index contributed by atoms with van der Waals surface area (Å²) in [4.78, 5) is 11.2. The molecule has 4 fully saturated rings. The Kier molecular flexibility index (Phi) is 6.73. The molecule has 0 saturated heterocycles. The second-order valence-electron chi connectivity index (χ2n) is 10.8. The molecule has 6 rings (SSSR count). The van der Waals surface area contributed by atoms with Gasteiger partial charge in [0, 0.05) is 12.7 Å². The van der Waals surface area contributed by atoms with Gasteiger partial charge in [-0.25, -0.2) is 4.79 Å². The van der Waals surface area contributed by atoms with E-state index in [0.717, 1.165) is 40.2 Å². The lowest BCUT2D eigenvalue weighted by Gasteiger charge is -2.57. The zero-order valence-electron chi connectivity index (χ0n) is 21.0. The van der Waals surface area contributed by atoms with Gasteiger partial charge in [-0.2, -0.15) is 0 Å². The summed E-state index contributed by atoms with van der Waals surface area (Å²) in [5.41, 5.74) is 5.04. The van der Waals surface area contributed by atoms with E-state index in [1.807, 2.05) is 19.1 Å². The van der Waals surface area contributed by atoms with Gasteiger partial charge in [0.2, 0.25) is 0 Å². The standard InChI is InChI=1S/C30H36O5/c1-4-34-29(33-3)35-27-10-9-25(19(2)11-20-5-7-24(8-6-20)28(31)32)15-26(27)30-16-21-12-22(17-30)14-23(13-21)18-30/h5-11,15,21-23,29H,4,12-14,16-18H2,1-3H3,(H,31,32). The molecule has 0 aromatic heterocycles. The molecule has 0 heterocycles. The normalized spacial score (nSPS) is 28.2. The lowest BCUT2D eigenvalue weighted by molar-refractivity contribution is -0.231. The van der Waals surface area contributed by atoms with Crippen molar-refractivity contribution in [3.8, 4) is 5.75 Å². The summed E-state index contributed by atoms with van der Waals surface area (Å²) >= 11 is 0. The van der Waals surface area contributed by atoms with Crippen molar-refractivity contribution in [1.82, 2.24) is 0 Å². The first-order chi connectivity index (χ1) is 16.9. The van der Waals surface area contributed by atoms with Gasteiger partial charge in [0.1, 0.15) is 5.75 Å². The molecule has 1 N–H and O–H groups in total. The summed E-state index contributed by atoms with van der Waals surface area (Å²) in [7, 11) is 1.61. The number of carboxylic acid groups (broad SMARTS) is 1. The van der Waals surface area contributed by atoms with Crippen molar-refractivity contribution in [2.24, 2.45) is 17.8 Å². The number of rotatable bonds is 9. The first-order valence-electron chi connectivity index (χ1n) is 12.9. The number of carbonyl (C=O) groups is 1. The number of hydrogen-bond donors (Lipinski definition) is 1. The maximum absolute atomic E-state index is 11.2. The van der Waals surface area contributed by atoms with E-state index in [1.165, 1.54) is 44.1 Å². The topological polar surface area (TPSA) is 65.0 Å². The van der Waals surface area contributed by atoms with Crippen LogP contribution in [0, 0.1) is 17.8 Å². The van der Waals surface area contributed by atoms with Crippen LogP contribution in [0.5, 0.6) is 5.75 Å². The van der Waals surface area contributed by atoms with Crippen LogP contribution in [0.3, 0.4) is 0 Å². The van der Waals surface area contributed by atoms with Gasteiger partial charge < -0.3 is 19.3 Å². The van der Waals surface area contributed by atoms with Crippen LogP contribution in [0.15, 0.2) is 42.5 Å². The van der Waals surface area contributed by atoms with Crippen LogP contribution in [-0.2, 0) is 14.9 Å². The van der Waals surface area contributed by atoms with Crippen molar-refractivity contribution in [1.29, 1.82) is 0 Å². The van der Waals surface area contributed by atoms with E-state index >= 15 is 0 Å². The molecule has 0 spiro atoms. The number of aromatic carboxylic acids is 1. The Morgan fingerprint density at radius 1 is 1.03 bits per heavy atom. The molecule has 5 nitrogen and oxygen atoms in total. The molecule has 2 aromatic carbocycles. The molecule has 4 saturated carbocycles. The van der Waals surface area contributed by atoms with Crippen molar-refractivity contribution in [2.75, 3.05) is 13.7 Å². The molecule has 0 amide bonds. The first kappa shape index (κ1) is 24.1. The summed E-state index contributed by atoms with van der Waals surface area (Å²) in [5.74, 6) is 2.44. The van der Waals surface area contributed by atoms with Gasteiger partial charge in [0.15, 0.2) is 0 Å². The second kappa shape index (κ2) is 9.79. The third-order valence-electron chi connectivity index (χ3n) is 8.30. The average molecular weight is 477 g/mol. The maximum Gasteiger partial charge on any atom is 0.335 e. The van der Waals surface area contributed by atoms with Crippen LogP contribution in [-0.4, -0.2) is 31.3 Å². The van der Waals surface area contributed by atoms with Gasteiger partial charge in [0.25, 0.3) is 0 Å². The minimum Gasteiger partial charge on any atom is -0.478 e. The number of ether oxygens (including phenoxy) is 3. The van der Waals surface area contributed by atoms with E-state index in [9.17, 15) is 9.90 Å². The van der Waals surface area contributed by atoms with Gasteiger partial charge in [-0.1, -0.05) is 24.3 Å². The van der Waals surface area contributed by atoms with Gasteiger partial charge in [0.05, 0.1) is 12.2 Å². The molecule has 4 aliphatic rings. The van der Waals surface area contributed by atoms with E-state index in [4.69, 9.17) is 14.2 Å². The van der Waals surface area contributed by atoms with E-state index in [-0.39, 0.29) is 5.41 Å². The molecule has 1 unspecified atom stereocenters. The molecular formula is C30H36O5. The number of hydrogen-bond acceptors (Lipinski definition) is 4. The van der Waals surface area contributed by atoms with Gasteiger partial charge >= 0.3 is 12.4 Å². The van der Waals surface area contributed by atoms with Gasteiger partial charge in [-0.05, 0) is 117 Å². The number of methoxy groups -OCH3 is 1. The second-order valence-corrected chi connectivity index (χ2v) is 10.8. The molecule has 35 heavy (non-hydrogen) atoms. The minimum atomic E-state index is -0.908. The third kappa shape index (κ3) is 4.89. The Hall–Kier alpha value is -2.63. The Morgan fingerprint density at radius 2 is 1.63 bits per heavy atom. The monoisotopic (exact) mass is 476 g/mol. The highest BCUT2D eigenvalue weighted by Gasteiger charge is 2.52. The predicted molar refractivity (Wildman–Crippen MR) is 136 cm³/mol. The smallest absolute Gasteiger partial charge is 0.335 e. The van der Waals surface area contributed by atoms with Crippen LogP contribution in [0.4, 0.5) is 0 Å². The maximum atomic E-state index is 11.2. The molecule has 0 radical (unpaired) electrons. The summed E-state index contributed by atoms with van der Waals surface area (Å²) in [6, 6.07) is 13.5. The number of benzene rings is 2. The molecule has 5 heteroatoms. The highest BCUT2D eigenvalue weighted by atomic mass is 16.8. The van der Waals surface area contributed by atoms with E-state index in [1.54, 1.807) is 19.2 Å². The van der Waals surface area contributed by atoms with Crippen LogP contribution in [0.1, 0.15) is 79.4 Å². The van der Waals surface area contributed by atoms with Crippen molar-refractivity contribution >= 4 is 17.6 Å². The zero-order chi connectivity index (χ0) is 24.6. The molecule has 1 atom stereocenters. The molecule has 4 aliphatic carbocycles. The fourth-order valence-electron chi connectivity index (χ4n) is 7.18. The first-order valence-corrected chi connectivity index (χ1v) is 12.9.